The maximum Gasteiger partial charge on any atom is 0.338 e. The van der Waals surface area contributed by atoms with Crippen molar-refractivity contribution in [3.63, 3.8) is 0 Å². The molecule has 16 heteroatoms. The summed E-state index contributed by atoms with van der Waals surface area (Å²) in [5.41, 5.74) is 4.41. The molecular weight excluding hydrogens is 725 g/mol. The number of hydrogen-bond acceptors (Lipinski definition) is 9. The second-order valence-electron chi connectivity index (χ2n) is 9.56. The lowest BCUT2D eigenvalue weighted by Gasteiger charge is -2.30. The van der Waals surface area contributed by atoms with Crippen LogP contribution in [0.25, 0.3) is 0 Å². The van der Waals surface area contributed by atoms with Crippen LogP contribution in [0.3, 0.4) is 0 Å². The Morgan fingerprint density at radius 2 is 1.91 bits per heavy atom. The van der Waals surface area contributed by atoms with Crippen LogP contribution in [-0.2, 0) is 20.9 Å². The maximum atomic E-state index is 12.7. The molecule has 0 aliphatic carbocycles. The fourth-order valence-electron chi connectivity index (χ4n) is 4.35. The van der Waals surface area contributed by atoms with Crippen LogP contribution in [0.15, 0.2) is 75.4 Å². The Hall–Kier alpha value is -4.24. The molecule has 12 nitrogen and oxygen atoms in total. The number of nitrogens with one attached hydrogen (secondary N) is 3. The second kappa shape index (κ2) is 15.9. The number of nitrogens with zero attached hydrogens (tertiary/aromatic N) is 2. The van der Waals surface area contributed by atoms with E-state index in [9.17, 15) is 19.7 Å². The van der Waals surface area contributed by atoms with Crippen molar-refractivity contribution in [2.45, 2.75) is 26.5 Å². The van der Waals surface area contributed by atoms with Crippen LogP contribution >= 0.6 is 51.3 Å². The molecule has 0 radical (unpaired) electrons. The van der Waals surface area contributed by atoms with Crippen LogP contribution in [0.5, 0.6) is 11.5 Å². The summed E-state index contributed by atoms with van der Waals surface area (Å²) in [5.74, 6) is -0.793. The molecule has 46 heavy (non-hydrogen) atoms. The van der Waals surface area contributed by atoms with Gasteiger partial charge in [0.05, 0.1) is 43.9 Å². The van der Waals surface area contributed by atoms with Crippen LogP contribution < -0.4 is 25.5 Å². The van der Waals surface area contributed by atoms with E-state index >= 15 is 0 Å². The molecule has 1 atom stereocenters. The van der Waals surface area contributed by atoms with E-state index in [1.807, 2.05) is 0 Å². The number of nitro benzene ring substituents is 1. The van der Waals surface area contributed by atoms with Gasteiger partial charge in [-0.15, -0.1) is 0 Å². The number of amides is 1. The average Bonchev–Trinajstić information content (AvgIpc) is 3.00. The molecule has 0 saturated heterocycles. The molecule has 0 aromatic heterocycles. The Morgan fingerprint density at radius 1 is 1.15 bits per heavy atom. The van der Waals surface area contributed by atoms with Gasteiger partial charge in [0.15, 0.2) is 11.7 Å². The molecule has 1 aliphatic rings. The van der Waals surface area contributed by atoms with Crippen LogP contribution in [0.1, 0.15) is 36.6 Å². The third kappa shape index (κ3) is 8.72. The smallest absolute Gasteiger partial charge is 0.338 e. The lowest BCUT2D eigenvalue weighted by molar-refractivity contribution is -0.386. The number of allylic oxidation sites excluding steroid dienone is 1. The number of esters is 1. The van der Waals surface area contributed by atoms with Gasteiger partial charge in [-0.2, -0.15) is 5.10 Å². The highest BCUT2D eigenvalue weighted by atomic mass is 79.9. The highest BCUT2D eigenvalue weighted by Gasteiger charge is 2.32. The average molecular weight is 751 g/mol. The largest absolute Gasteiger partial charge is 0.483 e. The van der Waals surface area contributed by atoms with Crippen molar-refractivity contribution in [1.29, 1.82) is 0 Å². The highest BCUT2D eigenvalue weighted by molar-refractivity contribution is 9.10. The number of thiocarbonyl (C=S) groups is 1. The molecule has 4 rings (SSSR count). The summed E-state index contributed by atoms with van der Waals surface area (Å²) in [5, 5.41) is 22.7. The molecule has 3 aromatic rings. The maximum absolute atomic E-state index is 12.7. The topological polar surface area (TPSA) is 153 Å². The van der Waals surface area contributed by atoms with Gasteiger partial charge in [0.25, 0.3) is 5.91 Å². The van der Waals surface area contributed by atoms with Crippen molar-refractivity contribution >= 4 is 80.2 Å². The van der Waals surface area contributed by atoms with Crippen LogP contribution in [0.4, 0.5) is 5.69 Å². The molecule has 0 bridgehead atoms. The SMILES string of the molecule is CCOC(=O)C1=C(C)NC(=S)N[C@@H]1c1ccccc1OCC(=O)NN=Cc1cc(Br)c(OCc2ccc(Cl)c(Cl)c2)c([N+](=O)[O-])c1. The molecule has 3 aromatic carbocycles. The third-order valence-electron chi connectivity index (χ3n) is 6.37. The number of ether oxygens (including phenoxy) is 3. The zero-order valence-corrected chi connectivity index (χ0v) is 28.2. The molecule has 0 fully saturated rings. The van der Waals surface area contributed by atoms with E-state index in [0.717, 1.165) is 0 Å². The first kappa shape index (κ1) is 34.6. The summed E-state index contributed by atoms with van der Waals surface area (Å²) in [6.45, 7) is 3.19. The highest BCUT2D eigenvalue weighted by Crippen LogP contribution is 2.37. The van der Waals surface area contributed by atoms with Gasteiger partial charge in [-0.05, 0) is 71.8 Å². The number of para-hydroxylation sites is 1. The van der Waals surface area contributed by atoms with E-state index < -0.39 is 29.4 Å². The number of nitro groups is 1. The standard InChI is InChI=1S/C30H26BrCl2N5O7S/c1-3-43-29(40)26-16(2)35-30(46)36-27(26)19-6-4-5-7-24(19)44-15-25(39)37-34-13-18-10-20(31)28(23(12-18)38(41)42)45-14-17-8-9-21(32)22(33)11-17/h4-13,27H,3,14-15H2,1-2H3,(H,37,39)(H2,35,36,46)/t27-/m1/s1. The first-order valence-electron chi connectivity index (χ1n) is 13.5. The molecule has 0 spiro atoms. The molecule has 0 saturated carbocycles. The van der Waals surface area contributed by atoms with E-state index in [-0.39, 0.29) is 24.7 Å². The van der Waals surface area contributed by atoms with Crippen molar-refractivity contribution in [2.75, 3.05) is 13.2 Å². The summed E-state index contributed by atoms with van der Waals surface area (Å²) in [6, 6.07) is 13.9. The van der Waals surface area contributed by atoms with Crippen LogP contribution in [0.2, 0.25) is 10.0 Å². The lowest BCUT2D eigenvalue weighted by Crippen LogP contribution is -2.45. The number of halogens is 3. The van der Waals surface area contributed by atoms with Crippen molar-refractivity contribution in [3.05, 3.63) is 107 Å². The first-order valence-corrected chi connectivity index (χ1v) is 15.5. The third-order valence-corrected chi connectivity index (χ3v) is 7.91. The fourth-order valence-corrected chi connectivity index (χ4v) is 5.52. The summed E-state index contributed by atoms with van der Waals surface area (Å²) in [4.78, 5) is 36.5. The van der Waals surface area contributed by atoms with Gasteiger partial charge in [-0.25, -0.2) is 10.2 Å². The van der Waals surface area contributed by atoms with Crippen LogP contribution in [0, 0.1) is 10.1 Å². The minimum atomic E-state index is -0.685. The lowest BCUT2D eigenvalue weighted by atomic mass is 9.95. The normalized spacial score (nSPS) is 14.4. The molecule has 1 amide bonds. The summed E-state index contributed by atoms with van der Waals surface area (Å²) < 4.78 is 17.0. The van der Waals surface area contributed by atoms with E-state index in [1.54, 1.807) is 62.4 Å². The first-order chi connectivity index (χ1) is 22.0. The van der Waals surface area contributed by atoms with Gasteiger partial charge in [0.2, 0.25) is 5.75 Å². The summed E-state index contributed by atoms with van der Waals surface area (Å²) in [7, 11) is 0. The van der Waals surface area contributed by atoms with Crippen molar-refractivity contribution in [2.24, 2.45) is 5.10 Å². The van der Waals surface area contributed by atoms with E-state index in [1.165, 1.54) is 12.3 Å². The van der Waals surface area contributed by atoms with Crippen molar-refractivity contribution in [3.8, 4) is 11.5 Å². The second-order valence-corrected chi connectivity index (χ2v) is 11.6. The minimum absolute atomic E-state index is 0.00333. The quantitative estimate of drug-likeness (QED) is 0.0648. The number of carbonyl (C=O) groups excluding carboxylic acids is 2. The Balaban J connectivity index is 1.42. The number of hydrazone groups is 1. The molecular formula is C30H26BrCl2N5O7S. The van der Waals surface area contributed by atoms with Crippen LogP contribution in [-0.4, -0.2) is 41.3 Å². The molecule has 0 unspecified atom stereocenters. The number of carbonyl (C=O) groups is 2. The summed E-state index contributed by atoms with van der Waals surface area (Å²) >= 11 is 20.6. The predicted octanol–water partition coefficient (Wildman–Crippen LogP) is 6.13. The molecule has 240 valence electrons. The Morgan fingerprint density at radius 3 is 2.63 bits per heavy atom. The predicted molar refractivity (Wildman–Crippen MR) is 180 cm³/mol. The fraction of sp³-hybridized carbons (Fsp3) is 0.200. The number of benzene rings is 3. The van der Waals surface area contributed by atoms with Gasteiger partial charge in [-0.3, -0.25) is 14.9 Å². The molecule has 1 aliphatic heterocycles. The molecule has 1 heterocycles. The molecule has 3 N–H and O–H groups in total. The van der Waals surface area contributed by atoms with Crippen molar-refractivity contribution in [1.82, 2.24) is 16.1 Å². The number of hydrogen-bond donors (Lipinski definition) is 3. The van der Waals surface area contributed by atoms with Gasteiger partial charge in [0.1, 0.15) is 12.4 Å². The Kier molecular flexibility index (Phi) is 11.9. The van der Waals surface area contributed by atoms with E-state index in [0.29, 0.717) is 53.3 Å². The Labute approximate surface area is 287 Å². The van der Waals surface area contributed by atoms with Gasteiger partial charge < -0.3 is 24.8 Å². The Bertz CT molecular complexity index is 1750. The zero-order chi connectivity index (χ0) is 33.4. The van der Waals surface area contributed by atoms with Crippen molar-refractivity contribution < 1.29 is 28.7 Å². The number of rotatable bonds is 12. The van der Waals surface area contributed by atoms with Gasteiger partial charge >= 0.3 is 11.7 Å². The van der Waals surface area contributed by atoms with Gasteiger partial charge in [-0.1, -0.05) is 47.5 Å². The summed E-state index contributed by atoms with van der Waals surface area (Å²) in [6.07, 6.45) is 1.24. The monoisotopic (exact) mass is 749 g/mol. The van der Waals surface area contributed by atoms with Gasteiger partial charge in [0, 0.05) is 22.9 Å². The van der Waals surface area contributed by atoms with E-state index in [2.05, 4.69) is 37.1 Å². The van der Waals surface area contributed by atoms with E-state index in [4.69, 9.17) is 49.6 Å². The minimum Gasteiger partial charge on any atom is -0.483 e. The zero-order valence-electron chi connectivity index (χ0n) is 24.3.